The SMILES string of the molecule is Nc1c(N(CCCO)C2CCC2)ccc2cnccc12. The molecule has 0 unspecified atom stereocenters. The Morgan fingerprint density at radius 2 is 2.15 bits per heavy atom. The summed E-state index contributed by atoms with van der Waals surface area (Å²) in [5, 5.41) is 11.2. The highest BCUT2D eigenvalue weighted by molar-refractivity contribution is 5.98. The van der Waals surface area contributed by atoms with Crippen molar-refractivity contribution in [3.05, 3.63) is 30.6 Å². The van der Waals surface area contributed by atoms with Crippen LogP contribution in [-0.4, -0.2) is 29.3 Å². The average molecular weight is 271 g/mol. The number of nitrogen functional groups attached to an aromatic ring is 1. The molecule has 3 rings (SSSR count). The van der Waals surface area contributed by atoms with Gasteiger partial charge in [0.25, 0.3) is 0 Å². The maximum atomic E-state index is 9.11. The van der Waals surface area contributed by atoms with E-state index in [1.807, 2.05) is 12.3 Å². The molecule has 0 radical (unpaired) electrons. The fourth-order valence-electron chi connectivity index (χ4n) is 2.87. The number of fused-ring (bicyclic) bond motifs is 1. The summed E-state index contributed by atoms with van der Waals surface area (Å²) in [5.41, 5.74) is 8.30. The summed E-state index contributed by atoms with van der Waals surface area (Å²) in [4.78, 5) is 6.51. The van der Waals surface area contributed by atoms with E-state index in [1.165, 1.54) is 19.3 Å². The van der Waals surface area contributed by atoms with Gasteiger partial charge >= 0.3 is 0 Å². The highest BCUT2D eigenvalue weighted by Gasteiger charge is 2.26. The van der Waals surface area contributed by atoms with E-state index in [0.29, 0.717) is 6.04 Å². The van der Waals surface area contributed by atoms with Gasteiger partial charge in [0, 0.05) is 42.4 Å². The molecule has 1 aliphatic rings. The molecule has 0 aliphatic heterocycles. The first-order valence-corrected chi connectivity index (χ1v) is 7.31. The molecule has 1 heterocycles. The predicted molar refractivity (Wildman–Crippen MR) is 82.8 cm³/mol. The number of benzene rings is 1. The van der Waals surface area contributed by atoms with Gasteiger partial charge in [0.2, 0.25) is 0 Å². The van der Waals surface area contributed by atoms with Crippen molar-refractivity contribution in [2.45, 2.75) is 31.7 Å². The van der Waals surface area contributed by atoms with E-state index in [1.54, 1.807) is 6.20 Å². The van der Waals surface area contributed by atoms with Crippen molar-refractivity contribution in [2.75, 3.05) is 23.8 Å². The van der Waals surface area contributed by atoms with Crippen molar-refractivity contribution in [2.24, 2.45) is 0 Å². The van der Waals surface area contributed by atoms with Crippen LogP contribution >= 0.6 is 0 Å². The van der Waals surface area contributed by atoms with Gasteiger partial charge in [-0.15, -0.1) is 0 Å². The van der Waals surface area contributed by atoms with Crippen LogP contribution in [0.25, 0.3) is 10.8 Å². The Morgan fingerprint density at radius 3 is 2.85 bits per heavy atom. The number of nitrogens with two attached hydrogens (primary N) is 1. The Kier molecular flexibility index (Phi) is 3.74. The number of aromatic nitrogens is 1. The van der Waals surface area contributed by atoms with E-state index in [2.05, 4.69) is 22.0 Å². The van der Waals surface area contributed by atoms with Crippen molar-refractivity contribution in [3.8, 4) is 0 Å². The van der Waals surface area contributed by atoms with E-state index >= 15 is 0 Å². The van der Waals surface area contributed by atoms with Gasteiger partial charge in [-0.1, -0.05) is 6.07 Å². The van der Waals surface area contributed by atoms with Gasteiger partial charge in [-0.25, -0.2) is 0 Å². The van der Waals surface area contributed by atoms with Gasteiger partial charge < -0.3 is 15.7 Å². The zero-order valence-electron chi connectivity index (χ0n) is 11.6. The summed E-state index contributed by atoms with van der Waals surface area (Å²) in [6.45, 7) is 1.09. The van der Waals surface area contributed by atoms with E-state index < -0.39 is 0 Å². The third-order valence-corrected chi connectivity index (χ3v) is 4.22. The van der Waals surface area contributed by atoms with Crippen LogP contribution in [0, 0.1) is 0 Å². The van der Waals surface area contributed by atoms with Crippen LogP contribution in [0.5, 0.6) is 0 Å². The molecule has 4 heteroatoms. The second-order valence-corrected chi connectivity index (χ2v) is 5.45. The summed E-state index contributed by atoms with van der Waals surface area (Å²) in [6, 6.07) is 6.72. The van der Waals surface area contributed by atoms with Gasteiger partial charge in [-0.3, -0.25) is 4.98 Å². The molecule has 0 bridgehead atoms. The fraction of sp³-hybridized carbons (Fsp3) is 0.438. The summed E-state index contributed by atoms with van der Waals surface area (Å²) in [5.74, 6) is 0. The van der Waals surface area contributed by atoms with Gasteiger partial charge in [0.05, 0.1) is 11.4 Å². The first-order valence-electron chi connectivity index (χ1n) is 7.31. The molecule has 1 fully saturated rings. The van der Waals surface area contributed by atoms with Crippen molar-refractivity contribution >= 4 is 22.1 Å². The average Bonchev–Trinajstić information content (AvgIpc) is 2.42. The standard InChI is InChI=1S/C16H21N3O/c17-16-14-7-8-18-11-12(14)5-6-15(16)19(9-2-10-20)13-3-1-4-13/h5-8,11,13,20H,1-4,9-10,17H2. The molecular weight excluding hydrogens is 250 g/mol. The lowest BCUT2D eigenvalue weighted by molar-refractivity contribution is 0.283. The van der Waals surface area contributed by atoms with Crippen LogP contribution in [0.3, 0.4) is 0 Å². The van der Waals surface area contributed by atoms with E-state index in [4.69, 9.17) is 10.8 Å². The van der Waals surface area contributed by atoms with Gasteiger partial charge in [-0.05, 0) is 37.8 Å². The van der Waals surface area contributed by atoms with Gasteiger partial charge in [0.1, 0.15) is 0 Å². The van der Waals surface area contributed by atoms with Crippen molar-refractivity contribution in [1.82, 2.24) is 4.98 Å². The highest BCUT2D eigenvalue weighted by Crippen LogP contribution is 2.36. The van der Waals surface area contributed by atoms with Gasteiger partial charge in [-0.2, -0.15) is 0 Å². The van der Waals surface area contributed by atoms with Crippen molar-refractivity contribution in [3.63, 3.8) is 0 Å². The van der Waals surface area contributed by atoms with E-state index in [-0.39, 0.29) is 6.61 Å². The van der Waals surface area contributed by atoms with Gasteiger partial charge in [0.15, 0.2) is 0 Å². The molecule has 20 heavy (non-hydrogen) atoms. The number of pyridine rings is 1. The molecule has 0 amide bonds. The summed E-state index contributed by atoms with van der Waals surface area (Å²) >= 11 is 0. The number of anilines is 2. The number of hydrogen-bond donors (Lipinski definition) is 2. The minimum atomic E-state index is 0.223. The van der Waals surface area contributed by atoms with Crippen molar-refractivity contribution in [1.29, 1.82) is 0 Å². The molecule has 2 aromatic rings. The lowest BCUT2D eigenvalue weighted by atomic mass is 9.90. The minimum Gasteiger partial charge on any atom is -0.397 e. The number of nitrogens with zero attached hydrogens (tertiary/aromatic N) is 2. The Labute approximate surface area is 119 Å². The smallest absolute Gasteiger partial charge is 0.0632 e. The summed E-state index contributed by atoms with van der Waals surface area (Å²) < 4.78 is 0. The maximum absolute atomic E-state index is 9.11. The minimum absolute atomic E-state index is 0.223. The van der Waals surface area contributed by atoms with E-state index in [9.17, 15) is 0 Å². The lowest BCUT2D eigenvalue weighted by Gasteiger charge is -2.40. The molecule has 1 aliphatic carbocycles. The molecule has 1 saturated carbocycles. The second-order valence-electron chi connectivity index (χ2n) is 5.45. The quantitative estimate of drug-likeness (QED) is 0.820. The van der Waals surface area contributed by atoms with Crippen LogP contribution in [0.2, 0.25) is 0 Å². The van der Waals surface area contributed by atoms with Crippen LogP contribution < -0.4 is 10.6 Å². The first-order chi connectivity index (χ1) is 9.81. The predicted octanol–water partition coefficient (Wildman–Crippen LogP) is 2.56. The molecule has 0 spiro atoms. The summed E-state index contributed by atoms with van der Waals surface area (Å²) in [6.07, 6.45) is 8.14. The molecule has 0 atom stereocenters. The third-order valence-electron chi connectivity index (χ3n) is 4.22. The lowest BCUT2D eigenvalue weighted by Crippen LogP contribution is -2.41. The molecule has 3 N–H and O–H groups in total. The topological polar surface area (TPSA) is 62.4 Å². The summed E-state index contributed by atoms with van der Waals surface area (Å²) in [7, 11) is 0. The van der Waals surface area contributed by atoms with Crippen molar-refractivity contribution < 1.29 is 5.11 Å². The highest BCUT2D eigenvalue weighted by atomic mass is 16.3. The normalized spacial score (nSPS) is 15.2. The Balaban J connectivity index is 1.99. The van der Waals surface area contributed by atoms with Crippen LogP contribution in [0.15, 0.2) is 30.6 Å². The maximum Gasteiger partial charge on any atom is 0.0632 e. The van der Waals surface area contributed by atoms with E-state index in [0.717, 1.165) is 35.1 Å². The largest absolute Gasteiger partial charge is 0.397 e. The van der Waals surface area contributed by atoms with Crippen LogP contribution in [-0.2, 0) is 0 Å². The Bertz CT molecular complexity index is 595. The zero-order chi connectivity index (χ0) is 13.9. The molecule has 1 aromatic heterocycles. The number of aliphatic hydroxyl groups is 1. The zero-order valence-corrected chi connectivity index (χ0v) is 11.6. The number of hydrogen-bond acceptors (Lipinski definition) is 4. The Hall–Kier alpha value is -1.81. The Morgan fingerprint density at radius 1 is 1.30 bits per heavy atom. The molecule has 4 nitrogen and oxygen atoms in total. The number of aliphatic hydroxyl groups excluding tert-OH is 1. The second kappa shape index (κ2) is 5.67. The molecule has 0 saturated heterocycles. The molecule has 1 aromatic carbocycles. The molecular formula is C16H21N3O. The molecule has 106 valence electrons. The number of rotatable bonds is 5. The van der Waals surface area contributed by atoms with Crippen LogP contribution in [0.4, 0.5) is 11.4 Å². The monoisotopic (exact) mass is 271 g/mol. The third kappa shape index (κ3) is 2.31. The first kappa shape index (κ1) is 13.2. The fourth-order valence-corrected chi connectivity index (χ4v) is 2.87. The van der Waals surface area contributed by atoms with Crippen LogP contribution in [0.1, 0.15) is 25.7 Å².